The molecule has 6 nitrogen and oxygen atoms in total. The Balaban J connectivity index is 3.07. The molecule has 0 aliphatic rings. The average molecular weight is 232 g/mol. The zero-order valence-corrected chi connectivity index (χ0v) is 9.62. The van der Waals surface area contributed by atoms with Gasteiger partial charge in [0.15, 0.2) is 0 Å². The molecule has 1 aromatic rings. The molecule has 0 radical (unpaired) electrons. The molecule has 0 spiro atoms. The van der Waals surface area contributed by atoms with E-state index in [1.54, 1.807) is 25.1 Å². The SMILES string of the molecule is Cc1cc(C)c([N+](=O)[O-])cc1C=CCN=[N+]=[N-]. The van der Waals surface area contributed by atoms with Gasteiger partial charge < -0.3 is 0 Å². The third-order valence-electron chi connectivity index (χ3n) is 2.33. The van der Waals surface area contributed by atoms with Crippen LogP contribution in [-0.2, 0) is 0 Å². The van der Waals surface area contributed by atoms with E-state index in [2.05, 4.69) is 10.0 Å². The molecule has 0 N–H and O–H groups in total. The van der Waals surface area contributed by atoms with Gasteiger partial charge >= 0.3 is 0 Å². The van der Waals surface area contributed by atoms with Crippen LogP contribution in [0.2, 0.25) is 0 Å². The van der Waals surface area contributed by atoms with E-state index >= 15 is 0 Å². The van der Waals surface area contributed by atoms with Crippen molar-refractivity contribution in [1.82, 2.24) is 0 Å². The number of hydrogen-bond donors (Lipinski definition) is 0. The lowest BCUT2D eigenvalue weighted by Crippen LogP contribution is -1.94. The minimum Gasteiger partial charge on any atom is -0.258 e. The number of rotatable bonds is 4. The Morgan fingerprint density at radius 2 is 2.18 bits per heavy atom. The van der Waals surface area contributed by atoms with Crippen molar-refractivity contribution in [3.8, 4) is 0 Å². The normalized spacial score (nSPS) is 10.2. The summed E-state index contributed by atoms with van der Waals surface area (Å²) in [6.45, 7) is 3.82. The van der Waals surface area contributed by atoms with Crippen LogP contribution in [0, 0.1) is 24.0 Å². The Morgan fingerprint density at radius 3 is 2.76 bits per heavy atom. The van der Waals surface area contributed by atoms with Crippen molar-refractivity contribution in [3.05, 3.63) is 55.5 Å². The minimum absolute atomic E-state index is 0.0963. The first kappa shape index (κ1) is 12.7. The van der Waals surface area contributed by atoms with E-state index in [-0.39, 0.29) is 12.2 Å². The molecule has 0 aromatic heterocycles. The van der Waals surface area contributed by atoms with E-state index < -0.39 is 4.92 Å². The molecule has 0 saturated carbocycles. The van der Waals surface area contributed by atoms with Gasteiger partial charge in [-0.2, -0.15) is 0 Å². The fraction of sp³-hybridized carbons (Fsp3) is 0.273. The Kier molecular flexibility index (Phi) is 4.25. The summed E-state index contributed by atoms with van der Waals surface area (Å²) in [6.07, 6.45) is 3.39. The molecule has 0 atom stereocenters. The van der Waals surface area contributed by atoms with Gasteiger partial charge in [0.25, 0.3) is 5.69 Å². The van der Waals surface area contributed by atoms with Crippen LogP contribution in [0.25, 0.3) is 16.5 Å². The molecule has 0 bridgehead atoms. The van der Waals surface area contributed by atoms with E-state index in [4.69, 9.17) is 5.53 Å². The fourth-order valence-electron chi connectivity index (χ4n) is 1.50. The van der Waals surface area contributed by atoms with Crippen molar-refractivity contribution in [2.24, 2.45) is 5.11 Å². The van der Waals surface area contributed by atoms with Gasteiger partial charge in [-0.1, -0.05) is 17.3 Å². The molecule has 0 unspecified atom stereocenters. The van der Waals surface area contributed by atoms with Gasteiger partial charge in [0.1, 0.15) is 0 Å². The molecule has 0 aliphatic carbocycles. The number of aryl methyl sites for hydroxylation is 2. The Morgan fingerprint density at radius 1 is 1.47 bits per heavy atom. The average Bonchev–Trinajstić information content (AvgIpc) is 2.26. The zero-order chi connectivity index (χ0) is 12.8. The van der Waals surface area contributed by atoms with Gasteiger partial charge in [-0.3, -0.25) is 10.1 Å². The Bertz CT molecular complexity index is 516. The number of nitrogens with zero attached hydrogens (tertiary/aromatic N) is 4. The van der Waals surface area contributed by atoms with Crippen molar-refractivity contribution < 1.29 is 4.92 Å². The molecule has 0 aliphatic heterocycles. The molecular formula is C11H12N4O2. The second-order valence-corrected chi connectivity index (χ2v) is 3.57. The number of benzene rings is 1. The molecule has 88 valence electrons. The second kappa shape index (κ2) is 5.67. The maximum Gasteiger partial charge on any atom is 0.272 e. The largest absolute Gasteiger partial charge is 0.272 e. The predicted molar refractivity (Wildman–Crippen MR) is 65.6 cm³/mol. The van der Waals surface area contributed by atoms with E-state index in [0.717, 1.165) is 11.1 Å². The lowest BCUT2D eigenvalue weighted by molar-refractivity contribution is -0.385. The maximum absolute atomic E-state index is 10.8. The number of nitro benzene ring substituents is 1. The summed E-state index contributed by atoms with van der Waals surface area (Å²) in [5.41, 5.74) is 10.6. The van der Waals surface area contributed by atoms with Gasteiger partial charge in [-0.05, 0) is 36.6 Å². The predicted octanol–water partition coefficient (Wildman–Crippen LogP) is 3.54. The first-order valence-electron chi connectivity index (χ1n) is 4.99. The summed E-state index contributed by atoms with van der Waals surface area (Å²) >= 11 is 0. The van der Waals surface area contributed by atoms with Crippen LogP contribution in [0.15, 0.2) is 23.3 Å². The summed E-state index contributed by atoms with van der Waals surface area (Å²) < 4.78 is 0. The zero-order valence-electron chi connectivity index (χ0n) is 9.62. The van der Waals surface area contributed by atoms with E-state index in [1.165, 1.54) is 6.07 Å². The van der Waals surface area contributed by atoms with Crippen LogP contribution in [0.3, 0.4) is 0 Å². The van der Waals surface area contributed by atoms with Crippen LogP contribution in [0.5, 0.6) is 0 Å². The Labute approximate surface area is 98.4 Å². The molecule has 0 fully saturated rings. The lowest BCUT2D eigenvalue weighted by atomic mass is 10.0. The topological polar surface area (TPSA) is 91.9 Å². The molecule has 0 saturated heterocycles. The van der Waals surface area contributed by atoms with E-state index in [9.17, 15) is 10.1 Å². The van der Waals surface area contributed by atoms with Crippen molar-refractivity contribution in [2.75, 3.05) is 6.54 Å². The van der Waals surface area contributed by atoms with Crippen LogP contribution < -0.4 is 0 Å². The van der Waals surface area contributed by atoms with Gasteiger partial charge in [-0.25, -0.2) is 0 Å². The van der Waals surface area contributed by atoms with Crippen LogP contribution in [0.1, 0.15) is 16.7 Å². The Hall–Kier alpha value is -2.33. The highest BCUT2D eigenvalue weighted by Crippen LogP contribution is 2.23. The summed E-state index contributed by atoms with van der Waals surface area (Å²) in [7, 11) is 0. The molecule has 1 rings (SSSR count). The van der Waals surface area contributed by atoms with E-state index in [1.807, 2.05) is 6.92 Å². The first-order valence-corrected chi connectivity index (χ1v) is 4.99. The molecule has 17 heavy (non-hydrogen) atoms. The van der Waals surface area contributed by atoms with Crippen molar-refractivity contribution in [3.63, 3.8) is 0 Å². The van der Waals surface area contributed by atoms with Crippen LogP contribution in [0.4, 0.5) is 5.69 Å². The standard InChI is InChI=1S/C11H12N4O2/c1-8-6-9(2)11(15(16)17)7-10(8)4-3-5-13-14-12/h3-4,6-7H,5H2,1-2H3. The fourth-order valence-corrected chi connectivity index (χ4v) is 1.50. The van der Waals surface area contributed by atoms with Gasteiger partial charge in [0, 0.05) is 23.1 Å². The van der Waals surface area contributed by atoms with E-state index in [0.29, 0.717) is 5.56 Å². The van der Waals surface area contributed by atoms with Gasteiger partial charge in [0.2, 0.25) is 0 Å². The summed E-state index contributed by atoms with van der Waals surface area (Å²) in [6, 6.07) is 3.29. The number of hydrogen-bond acceptors (Lipinski definition) is 3. The van der Waals surface area contributed by atoms with Gasteiger partial charge in [0.05, 0.1) is 4.92 Å². The number of azide groups is 1. The lowest BCUT2D eigenvalue weighted by Gasteiger charge is -2.03. The molecule has 1 aromatic carbocycles. The molecule has 0 amide bonds. The highest BCUT2D eigenvalue weighted by Gasteiger charge is 2.11. The van der Waals surface area contributed by atoms with Crippen molar-refractivity contribution in [2.45, 2.75) is 13.8 Å². The van der Waals surface area contributed by atoms with Crippen LogP contribution >= 0.6 is 0 Å². The smallest absolute Gasteiger partial charge is 0.258 e. The molecule has 6 heteroatoms. The van der Waals surface area contributed by atoms with Crippen molar-refractivity contribution >= 4 is 11.8 Å². The molecular weight excluding hydrogens is 220 g/mol. The molecule has 0 heterocycles. The highest BCUT2D eigenvalue weighted by molar-refractivity contribution is 5.60. The van der Waals surface area contributed by atoms with Crippen LogP contribution in [-0.4, -0.2) is 11.5 Å². The first-order chi connectivity index (χ1) is 8.06. The summed E-state index contributed by atoms with van der Waals surface area (Å²) in [4.78, 5) is 13.0. The number of nitro groups is 1. The minimum atomic E-state index is -0.403. The summed E-state index contributed by atoms with van der Waals surface area (Å²) in [5.74, 6) is 0. The quantitative estimate of drug-likeness (QED) is 0.261. The maximum atomic E-state index is 10.8. The monoisotopic (exact) mass is 232 g/mol. The second-order valence-electron chi connectivity index (χ2n) is 3.57. The third kappa shape index (κ3) is 3.32. The third-order valence-corrected chi connectivity index (χ3v) is 2.33. The van der Waals surface area contributed by atoms with Crippen molar-refractivity contribution in [1.29, 1.82) is 0 Å². The summed E-state index contributed by atoms with van der Waals surface area (Å²) in [5, 5.41) is 14.1. The van der Waals surface area contributed by atoms with Gasteiger partial charge in [-0.15, -0.1) is 0 Å². The highest BCUT2D eigenvalue weighted by atomic mass is 16.6.